The minimum absolute atomic E-state index is 0.0426. The fourth-order valence-corrected chi connectivity index (χ4v) is 1.37. The molecule has 1 atom stereocenters. The number of nitrogens with one attached hydrogen (secondary N) is 1. The average Bonchev–Trinajstić information content (AvgIpc) is 2.34. The molecule has 0 saturated carbocycles. The molecule has 0 bridgehead atoms. The lowest BCUT2D eigenvalue weighted by atomic mass is 10.1. The number of Topliss-reactive ketones (excluding diaryl/α,β-unsaturated/α-hetero) is 1. The van der Waals surface area contributed by atoms with Crippen LogP contribution >= 0.6 is 12.1 Å². The average molecular weight is 159 g/mol. The Morgan fingerprint density at radius 1 is 2.00 bits per heavy atom. The number of nitrogens with zero attached hydrogens (tertiary/aromatic N) is 1. The van der Waals surface area contributed by atoms with E-state index in [1.807, 2.05) is 6.92 Å². The number of carbonyl (C=O) groups excluding carboxylic acids is 1. The van der Waals surface area contributed by atoms with Crippen molar-refractivity contribution in [2.24, 2.45) is 10.1 Å². The minimum Gasteiger partial charge on any atom is -0.324 e. The molecule has 10 heavy (non-hydrogen) atoms. The van der Waals surface area contributed by atoms with Gasteiger partial charge in [0.2, 0.25) is 0 Å². The van der Waals surface area contributed by atoms with Gasteiger partial charge in [-0.05, 0) is 6.92 Å². The molecule has 1 aliphatic rings. The summed E-state index contributed by atoms with van der Waals surface area (Å²) in [4.78, 5) is 10.9. The number of hydrogen-bond acceptors (Lipinski definition) is 5. The third-order valence-electron chi connectivity index (χ3n) is 1.25. The van der Waals surface area contributed by atoms with E-state index in [-0.39, 0.29) is 18.4 Å². The second kappa shape index (κ2) is 3.14. The summed E-state index contributed by atoms with van der Waals surface area (Å²) in [5.41, 5.74) is 5.70. The molecule has 0 amide bonds. The Morgan fingerprint density at radius 2 is 2.70 bits per heavy atom. The molecule has 0 aliphatic carbocycles. The predicted octanol–water partition coefficient (Wildman–Crippen LogP) is -0.490. The summed E-state index contributed by atoms with van der Waals surface area (Å²) in [5.74, 6) is -0.0787. The Bertz CT molecular complexity index is 180. The zero-order valence-corrected chi connectivity index (χ0v) is 6.44. The Labute approximate surface area is 63.5 Å². The van der Waals surface area contributed by atoms with Crippen molar-refractivity contribution in [2.75, 3.05) is 6.54 Å². The zero-order valence-electron chi connectivity index (χ0n) is 5.63. The van der Waals surface area contributed by atoms with Gasteiger partial charge in [-0.2, -0.15) is 4.40 Å². The number of ketones is 1. The van der Waals surface area contributed by atoms with Crippen molar-refractivity contribution in [3.05, 3.63) is 0 Å². The number of carbonyl (C=O) groups is 1. The Hall–Kier alpha value is -0.390. The lowest BCUT2D eigenvalue weighted by Crippen LogP contribution is -2.33. The van der Waals surface area contributed by atoms with Gasteiger partial charge in [-0.25, -0.2) is 4.72 Å². The van der Waals surface area contributed by atoms with Gasteiger partial charge >= 0.3 is 0 Å². The molecule has 0 fully saturated rings. The van der Waals surface area contributed by atoms with Crippen LogP contribution in [0.2, 0.25) is 0 Å². The Kier molecular flexibility index (Phi) is 2.42. The van der Waals surface area contributed by atoms with E-state index in [1.54, 1.807) is 0 Å². The van der Waals surface area contributed by atoms with Crippen molar-refractivity contribution in [1.82, 2.24) is 4.72 Å². The van der Waals surface area contributed by atoms with Gasteiger partial charge in [-0.1, -0.05) is 0 Å². The van der Waals surface area contributed by atoms with E-state index in [4.69, 9.17) is 5.73 Å². The van der Waals surface area contributed by atoms with Crippen LogP contribution in [0.5, 0.6) is 0 Å². The molecule has 1 unspecified atom stereocenters. The highest BCUT2D eigenvalue weighted by Gasteiger charge is 2.21. The number of rotatable bonds is 2. The molecular formula is C5H9N3OS. The Balaban J connectivity index is 2.63. The summed E-state index contributed by atoms with van der Waals surface area (Å²) in [6.45, 7) is 1.93. The van der Waals surface area contributed by atoms with E-state index in [0.29, 0.717) is 5.71 Å². The highest BCUT2D eigenvalue weighted by Crippen LogP contribution is 2.10. The van der Waals surface area contributed by atoms with E-state index in [0.717, 1.165) is 0 Å². The summed E-state index contributed by atoms with van der Waals surface area (Å²) < 4.78 is 6.80. The molecule has 0 saturated heterocycles. The molecular weight excluding hydrogens is 150 g/mol. The number of nitrogens with two attached hydrogens (primary N) is 1. The van der Waals surface area contributed by atoms with E-state index in [9.17, 15) is 4.79 Å². The molecule has 1 rings (SSSR count). The number of hydrogen-bond donors (Lipinski definition) is 2. The maximum atomic E-state index is 10.9. The SMILES string of the molecule is CC1NSN=C1C(=O)CN. The molecule has 56 valence electrons. The lowest BCUT2D eigenvalue weighted by Gasteiger charge is -2.01. The summed E-state index contributed by atoms with van der Waals surface area (Å²) in [5, 5.41) is 0. The van der Waals surface area contributed by atoms with Crippen LogP contribution in [-0.2, 0) is 4.79 Å². The van der Waals surface area contributed by atoms with Crippen molar-refractivity contribution in [2.45, 2.75) is 13.0 Å². The van der Waals surface area contributed by atoms with E-state index in [1.165, 1.54) is 12.1 Å². The van der Waals surface area contributed by atoms with Gasteiger partial charge < -0.3 is 5.73 Å². The first-order valence-electron chi connectivity index (χ1n) is 2.98. The van der Waals surface area contributed by atoms with Crippen LogP contribution in [0, 0.1) is 0 Å². The molecule has 3 N–H and O–H groups in total. The second-order valence-electron chi connectivity index (χ2n) is 2.03. The first kappa shape index (κ1) is 7.71. The van der Waals surface area contributed by atoms with Crippen LogP contribution < -0.4 is 10.5 Å². The maximum absolute atomic E-state index is 10.9. The van der Waals surface area contributed by atoms with Crippen molar-refractivity contribution in [1.29, 1.82) is 0 Å². The second-order valence-corrected chi connectivity index (χ2v) is 2.64. The van der Waals surface area contributed by atoms with Gasteiger partial charge in [-0.15, -0.1) is 0 Å². The standard InChI is InChI=1S/C5H9N3OS/c1-3-5(4(9)2-6)8-10-7-3/h3,7H,2,6H2,1H3. The van der Waals surface area contributed by atoms with Gasteiger partial charge in [0.05, 0.1) is 24.7 Å². The van der Waals surface area contributed by atoms with Crippen molar-refractivity contribution in [3.8, 4) is 0 Å². The van der Waals surface area contributed by atoms with Gasteiger partial charge in [0, 0.05) is 0 Å². The van der Waals surface area contributed by atoms with Crippen LogP contribution in [0.15, 0.2) is 4.40 Å². The van der Waals surface area contributed by atoms with Crippen LogP contribution in [0.4, 0.5) is 0 Å². The smallest absolute Gasteiger partial charge is 0.192 e. The van der Waals surface area contributed by atoms with Gasteiger partial charge in [0.15, 0.2) is 5.78 Å². The third kappa shape index (κ3) is 1.36. The molecule has 1 aliphatic heterocycles. The fraction of sp³-hybridized carbons (Fsp3) is 0.600. The van der Waals surface area contributed by atoms with Crippen LogP contribution in [0.1, 0.15) is 6.92 Å². The Morgan fingerprint density at radius 3 is 3.10 bits per heavy atom. The maximum Gasteiger partial charge on any atom is 0.192 e. The van der Waals surface area contributed by atoms with Crippen LogP contribution in [0.3, 0.4) is 0 Å². The van der Waals surface area contributed by atoms with Gasteiger partial charge in [0.1, 0.15) is 5.71 Å². The minimum atomic E-state index is -0.0787. The normalized spacial score (nSPS) is 24.6. The predicted molar refractivity (Wildman–Crippen MR) is 41.7 cm³/mol. The molecule has 0 radical (unpaired) electrons. The summed E-state index contributed by atoms with van der Waals surface area (Å²) >= 11 is 1.20. The van der Waals surface area contributed by atoms with E-state index >= 15 is 0 Å². The third-order valence-corrected chi connectivity index (χ3v) is 2.00. The fourth-order valence-electron chi connectivity index (χ4n) is 0.686. The molecule has 0 aromatic carbocycles. The first-order chi connectivity index (χ1) is 4.75. The first-order valence-corrected chi connectivity index (χ1v) is 3.75. The highest BCUT2D eigenvalue weighted by molar-refractivity contribution is 7.96. The quantitative estimate of drug-likeness (QED) is 0.533. The van der Waals surface area contributed by atoms with E-state index < -0.39 is 0 Å². The molecule has 0 aromatic heterocycles. The highest BCUT2D eigenvalue weighted by atomic mass is 32.2. The van der Waals surface area contributed by atoms with Crippen molar-refractivity contribution < 1.29 is 4.79 Å². The van der Waals surface area contributed by atoms with Crippen molar-refractivity contribution in [3.63, 3.8) is 0 Å². The lowest BCUT2D eigenvalue weighted by molar-refractivity contribution is -0.111. The van der Waals surface area contributed by atoms with Crippen molar-refractivity contribution >= 4 is 23.6 Å². The molecule has 1 heterocycles. The largest absolute Gasteiger partial charge is 0.324 e. The van der Waals surface area contributed by atoms with Crippen LogP contribution in [0.25, 0.3) is 0 Å². The monoisotopic (exact) mass is 159 g/mol. The van der Waals surface area contributed by atoms with Gasteiger partial charge in [-0.3, -0.25) is 4.79 Å². The summed E-state index contributed by atoms with van der Waals surface area (Å²) in [6.07, 6.45) is 0. The zero-order chi connectivity index (χ0) is 7.56. The van der Waals surface area contributed by atoms with Gasteiger partial charge in [0.25, 0.3) is 0 Å². The summed E-state index contributed by atoms with van der Waals surface area (Å²) in [7, 11) is 0. The molecule has 5 heteroatoms. The molecule has 0 aromatic rings. The summed E-state index contributed by atoms with van der Waals surface area (Å²) in [6, 6.07) is 0.0426. The van der Waals surface area contributed by atoms with Crippen LogP contribution in [-0.4, -0.2) is 24.1 Å². The topological polar surface area (TPSA) is 67.5 Å². The molecule has 0 spiro atoms. The molecule has 4 nitrogen and oxygen atoms in total. The van der Waals surface area contributed by atoms with E-state index in [2.05, 4.69) is 9.12 Å².